The van der Waals surface area contributed by atoms with Crippen molar-refractivity contribution in [1.82, 2.24) is 4.57 Å². The highest BCUT2D eigenvalue weighted by Crippen LogP contribution is 2.45. The number of carbonyl (C=O) groups is 1. The van der Waals surface area contributed by atoms with Gasteiger partial charge in [-0.15, -0.1) is 0 Å². The van der Waals surface area contributed by atoms with Gasteiger partial charge in [-0.3, -0.25) is 9.59 Å². The van der Waals surface area contributed by atoms with Crippen molar-refractivity contribution in [3.63, 3.8) is 0 Å². The summed E-state index contributed by atoms with van der Waals surface area (Å²) in [5.41, 5.74) is 5.47. The molecule has 3 aliphatic rings. The molecule has 0 bridgehead atoms. The first kappa shape index (κ1) is 18.2. The number of rotatable bonds is 2. The molecule has 2 aromatic rings. The summed E-state index contributed by atoms with van der Waals surface area (Å²) >= 11 is 0. The number of Topliss-reactive ketones (excluding diaryl/α,β-unsaturated/α-hetero) is 1. The van der Waals surface area contributed by atoms with Crippen molar-refractivity contribution in [2.75, 3.05) is 6.61 Å². The van der Waals surface area contributed by atoms with Crippen LogP contribution in [0.5, 0.6) is 5.75 Å². The maximum Gasteiger partial charge on any atom is 0.192 e. The number of benzene rings is 1. The van der Waals surface area contributed by atoms with Gasteiger partial charge in [0.05, 0.1) is 23.4 Å². The lowest BCUT2D eigenvalue weighted by Crippen LogP contribution is -2.28. The molecule has 0 radical (unpaired) electrons. The van der Waals surface area contributed by atoms with Gasteiger partial charge < -0.3 is 9.30 Å². The second-order valence-electron chi connectivity index (χ2n) is 8.82. The molecule has 0 spiro atoms. The average molecular weight is 387 g/mol. The van der Waals surface area contributed by atoms with Crippen molar-refractivity contribution in [1.29, 1.82) is 0 Å². The summed E-state index contributed by atoms with van der Waals surface area (Å²) in [4.78, 5) is 24.7. The van der Waals surface area contributed by atoms with Crippen LogP contribution in [-0.4, -0.2) is 17.0 Å². The van der Waals surface area contributed by atoms with Crippen LogP contribution < -0.4 is 10.2 Å². The molecule has 1 atom stereocenters. The molecule has 0 saturated heterocycles. The molecule has 2 aliphatic heterocycles. The lowest BCUT2D eigenvalue weighted by molar-refractivity contribution is 0.101. The molecule has 148 valence electrons. The number of fused-ring (bicyclic) bond motifs is 5. The maximum atomic E-state index is 12.7. The molecule has 1 aromatic carbocycles. The predicted molar refractivity (Wildman–Crippen MR) is 113 cm³/mol. The molecule has 1 saturated carbocycles. The fourth-order valence-corrected chi connectivity index (χ4v) is 4.59. The lowest BCUT2D eigenvalue weighted by Gasteiger charge is -2.34. The largest absolute Gasteiger partial charge is 0.492 e. The van der Waals surface area contributed by atoms with Crippen LogP contribution in [0.3, 0.4) is 0 Å². The smallest absolute Gasteiger partial charge is 0.192 e. The minimum absolute atomic E-state index is 0.183. The summed E-state index contributed by atoms with van der Waals surface area (Å²) in [5.74, 6) is 8.35. The van der Waals surface area contributed by atoms with Crippen LogP contribution in [0, 0.1) is 23.7 Å². The van der Waals surface area contributed by atoms with Gasteiger partial charge in [-0.2, -0.15) is 0 Å². The Bertz CT molecular complexity index is 1160. The highest BCUT2D eigenvalue weighted by Gasteiger charge is 2.33. The van der Waals surface area contributed by atoms with Crippen molar-refractivity contribution in [3.05, 3.63) is 50.8 Å². The molecule has 3 heterocycles. The van der Waals surface area contributed by atoms with Gasteiger partial charge in [-0.05, 0) is 43.7 Å². The quantitative estimate of drug-likeness (QED) is 0.574. The fraction of sp³-hybridized carbons (Fsp3) is 0.440. The Morgan fingerprint density at radius 2 is 2.07 bits per heavy atom. The van der Waals surface area contributed by atoms with Crippen LogP contribution in [-0.2, 0) is 12.8 Å². The first-order valence-electron chi connectivity index (χ1n) is 10.5. The Kier molecular flexibility index (Phi) is 4.17. The van der Waals surface area contributed by atoms with Gasteiger partial charge in [0.25, 0.3) is 0 Å². The van der Waals surface area contributed by atoms with Gasteiger partial charge in [0.2, 0.25) is 0 Å². The van der Waals surface area contributed by atoms with Crippen LogP contribution in [0.25, 0.3) is 11.3 Å². The van der Waals surface area contributed by atoms with E-state index in [9.17, 15) is 9.59 Å². The Hall–Kier alpha value is -2.80. The van der Waals surface area contributed by atoms with E-state index in [-0.39, 0.29) is 22.8 Å². The minimum Gasteiger partial charge on any atom is -0.492 e. The van der Waals surface area contributed by atoms with E-state index >= 15 is 0 Å². The highest BCUT2D eigenvalue weighted by atomic mass is 16.5. The molecule has 1 unspecified atom stereocenters. The topological polar surface area (TPSA) is 48.3 Å². The Morgan fingerprint density at radius 1 is 1.28 bits per heavy atom. The van der Waals surface area contributed by atoms with Crippen molar-refractivity contribution in [2.45, 2.75) is 52.5 Å². The van der Waals surface area contributed by atoms with E-state index in [1.165, 1.54) is 25.3 Å². The maximum absolute atomic E-state index is 12.7. The number of carbonyl (C=O) groups excluding carboxylic acids is 1. The van der Waals surface area contributed by atoms with Crippen molar-refractivity contribution < 1.29 is 9.53 Å². The molecule has 1 aliphatic carbocycles. The first-order chi connectivity index (χ1) is 13.9. The Labute approximate surface area is 170 Å². The van der Waals surface area contributed by atoms with Crippen LogP contribution >= 0.6 is 0 Å². The van der Waals surface area contributed by atoms with Gasteiger partial charge in [-0.1, -0.05) is 25.7 Å². The minimum atomic E-state index is -0.204. The lowest BCUT2D eigenvalue weighted by atomic mass is 9.83. The number of nitrogens with zero attached hydrogens (tertiary/aromatic N) is 1. The monoisotopic (exact) mass is 387 g/mol. The summed E-state index contributed by atoms with van der Waals surface area (Å²) in [6.45, 7) is 6.49. The van der Waals surface area contributed by atoms with Crippen LogP contribution in [0.1, 0.15) is 66.7 Å². The molecule has 1 aromatic heterocycles. The van der Waals surface area contributed by atoms with Gasteiger partial charge in [0, 0.05) is 41.8 Å². The van der Waals surface area contributed by atoms with Gasteiger partial charge >= 0.3 is 0 Å². The van der Waals surface area contributed by atoms with Gasteiger partial charge in [-0.25, -0.2) is 0 Å². The SMILES string of the molecule is CC(=O)c1cn2c(cc1=O)-c1c(cc(C#CC3CC3)c3c1CCO3)CC2C(C)C. The second kappa shape index (κ2) is 6.62. The Morgan fingerprint density at radius 3 is 2.76 bits per heavy atom. The summed E-state index contributed by atoms with van der Waals surface area (Å²) < 4.78 is 8.14. The molecule has 1 fully saturated rings. The number of ketones is 1. The third kappa shape index (κ3) is 3.00. The molecule has 4 heteroatoms. The zero-order valence-electron chi connectivity index (χ0n) is 17.2. The average Bonchev–Trinajstić information content (AvgIpc) is 3.38. The van der Waals surface area contributed by atoms with Crippen LogP contribution in [0.4, 0.5) is 0 Å². The van der Waals surface area contributed by atoms with E-state index in [0.717, 1.165) is 41.0 Å². The summed E-state index contributed by atoms with van der Waals surface area (Å²) in [5, 5.41) is 0. The molecule has 4 nitrogen and oxygen atoms in total. The molecule has 5 rings (SSSR count). The zero-order valence-corrected chi connectivity index (χ0v) is 17.2. The van der Waals surface area contributed by atoms with E-state index in [1.807, 2.05) is 0 Å². The number of aromatic nitrogens is 1. The number of ether oxygens (including phenoxy) is 1. The fourth-order valence-electron chi connectivity index (χ4n) is 4.59. The molecular formula is C25H25NO3. The van der Waals surface area contributed by atoms with Crippen LogP contribution in [0.2, 0.25) is 0 Å². The molecular weight excluding hydrogens is 362 g/mol. The number of hydrogen-bond acceptors (Lipinski definition) is 3. The van der Waals surface area contributed by atoms with E-state index in [1.54, 1.807) is 12.3 Å². The standard InChI is InChI=1S/C25H25NO3/c1-14(2)21-11-18-10-17(7-6-16-4-5-16)25-19(8-9-29-25)24(18)22-12-23(28)20(15(3)27)13-26(21)22/h10,12-14,16,21H,4-5,8-9,11H2,1-3H3. The molecule has 0 amide bonds. The van der Waals surface area contributed by atoms with Gasteiger partial charge in [0.1, 0.15) is 5.75 Å². The van der Waals surface area contributed by atoms with Crippen molar-refractivity contribution in [2.24, 2.45) is 11.8 Å². The van der Waals surface area contributed by atoms with E-state index < -0.39 is 0 Å². The van der Waals surface area contributed by atoms with Crippen LogP contribution in [0.15, 0.2) is 23.1 Å². The number of hydrogen-bond donors (Lipinski definition) is 0. The summed E-state index contributed by atoms with van der Waals surface area (Å²) in [6.07, 6.45) is 5.87. The van der Waals surface area contributed by atoms with E-state index in [2.05, 4.69) is 36.3 Å². The third-order valence-electron chi connectivity index (χ3n) is 6.32. The Balaban J connectivity index is 1.76. The van der Waals surface area contributed by atoms with Crippen molar-refractivity contribution >= 4 is 5.78 Å². The zero-order chi connectivity index (χ0) is 20.3. The number of pyridine rings is 1. The van der Waals surface area contributed by atoms with E-state index in [4.69, 9.17) is 4.74 Å². The second-order valence-corrected chi connectivity index (χ2v) is 8.82. The molecule has 0 N–H and O–H groups in total. The predicted octanol–water partition coefficient (Wildman–Crippen LogP) is 4.17. The normalized spacial score (nSPS) is 19.0. The molecule has 29 heavy (non-hydrogen) atoms. The summed E-state index contributed by atoms with van der Waals surface area (Å²) in [6, 6.07) is 4.02. The first-order valence-corrected chi connectivity index (χ1v) is 10.5. The summed E-state index contributed by atoms with van der Waals surface area (Å²) in [7, 11) is 0. The van der Waals surface area contributed by atoms with Gasteiger partial charge in [0.15, 0.2) is 11.2 Å². The van der Waals surface area contributed by atoms with Crippen molar-refractivity contribution in [3.8, 4) is 28.8 Å². The van der Waals surface area contributed by atoms with E-state index in [0.29, 0.717) is 18.4 Å². The third-order valence-corrected chi connectivity index (χ3v) is 6.32. The highest BCUT2D eigenvalue weighted by molar-refractivity contribution is 5.94.